The second kappa shape index (κ2) is 11.0. The van der Waals surface area contributed by atoms with Crippen molar-refractivity contribution in [3.8, 4) is 11.5 Å². The average molecular weight is 512 g/mol. The van der Waals surface area contributed by atoms with Gasteiger partial charge in [-0.1, -0.05) is 59.3 Å². The van der Waals surface area contributed by atoms with Crippen LogP contribution in [0.2, 0.25) is 10.0 Å². The van der Waals surface area contributed by atoms with Crippen molar-refractivity contribution >= 4 is 69.5 Å². The molecule has 0 spiro atoms. The Hall–Kier alpha value is -2.26. The molecule has 3 rings (SSSR count). The van der Waals surface area contributed by atoms with Crippen molar-refractivity contribution in [1.82, 2.24) is 4.90 Å². The van der Waals surface area contributed by atoms with Crippen LogP contribution in [0.15, 0.2) is 41.3 Å². The second-order valence-electron chi connectivity index (χ2n) is 6.77. The Morgan fingerprint density at radius 3 is 2.69 bits per heavy atom. The molecular formula is C22H19Cl2NO5S2. The first kappa shape index (κ1) is 24.4. The van der Waals surface area contributed by atoms with Gasteiger partial charge in [0.25, 0.3) is 5.91 Å². The van der Waals surface area contributed by atoms with Crippen LogP contribution in [-0.4, -0.2) is 39.9 Å². The zero-order valence-electron chi connectivity index (χ0n) is 17.0. The van der Waals surface area contributed by atoms with Crippen LogP contribution >= 0.6 is 47.2 Å². The summed E-state index contributed by atoms with van der Waals surface area (Å²) in [6.45, 7) is 0.512. The number of thioether (sulfide) groups is 1. The number of carbonyl (C=O) groups is 2. The third kappa shape index (κ3) is 6.16. The Bertz CT molecular complexity index is 1090. The predicted octanol–water partition coefficient (Wildman–Crippen LogP) is 5.65. The van der Waals surface area contributed by atoms with E-state index in [1.54, 1.807) is 42.5 Å². The minimum absolute atomic E-state index is 0.0179. The van der Waals surface area contributed by atoms with E-state index < -0.39 is 5.97 Å². The quantitative estimate of drug-likeness (QED) is 0.344. The number of methoxy groups -OCH3 is 1. The van der Waals surface area contributed by atoms with Crippen LogP contribution < -0.4 is 9.47 Å². The smallest absolute Gasteiger partial charge is 0.303 e. The largest absolute Gasteiger partial charge is 0.493 e. The number of carboxylic acids is 1. The van der Waals surface area contributed by atoms with Crippen LogP contribution in [0.3, 0.4) is 0 Å². The monoisotopic (exact) mass is 511 g/mol. The van der Waals surface area contributed by atoms with Crippen LogP contribution in [0.4, 0.5) is 0 Å². The van der Waals surface area contributed by atoms with E-state index in [1.807, 2.05) is 0 Å². The predicted molar refractivity (Wildman–Crippen MR) is 131 cm³/mol. The molecule has 1 fully saturated rings. The average Bonchev–Trinajstić information content (AvgIpc) is 3.00. The minimum atomic E-state index is -0.904. The highest BCUT2D eigenvalue weighted by molar-refractivity contribution is 8.26. The van der Waals surface area contributed by atoms with Crippen molar-refractivity contribution in [2.24, 2.45) is 0 Å². The van der Waals surface area contributed by atoms with Gasteiger partial charge in [0.05, 0.1) is 12.0 Å². The molecule has 0 aromatic heterocycles. The number of ether oxygens (including phenoxy) is 2. The van der Waals surface area contributed by atoms with E-state index in [-0.39, 0.29) is 25.5 Å². The Balaban J connectivity index is 1.71. The van der Waals surface area contributed by atoms with Crippen LogP contribution in [0.5, 0.6) is 11.5 Å². The van der Waals surface area contributed by atoms with Crippen molar-refractivity contribution in [2.45, 2.75) is 19.4 Å². The number of benzene rings is 2. The number of carbonyl (C=O) groups excluding carboxylic acids is 1. The van der Waals surface area contributed by atoms with Crippen molar-refractivity contribution in [3.63, 3.8) is 0 Å². The fraction of sp³-hybridized carbons (Fsp3) is 0.227. The Labute approximate surface area is 205 Å². The first-order valence-corrected chi connectivity index (χ1v) is 11.5. The van der Waals surface area contributed by atoms with E-state index in [9.17, 15) is 9.59 Å². The summed E-state index contributed by atoms with van der Waals surface area (Å²) >= 11 is 18.6. The van der Waals surface area contributed by atoms with E-state index in [4.69, 9.17) is 50.0 Å². The fourth-order valence-corrected chi connectivity index (χ4v) is 4.69. The van der Waals surface area contributed by atoms with Gasteiger partial charge in [0.2, 0.25) is 0 Å². The lowest BCUT2D eigenvalue weighted by Crippen LogP contribution is -2.29. The third-order valence-corrected chi connectivity index (χ3v) is 6.49. The molecule has 6 nitrogen and oxygen atoms in total. The number of hydrogen-bond acceptors (Lipinski definition) is 6. The fourth-order valence-electron chi connectivity index (χ4n) is 2.92. The maximum atomic E-state index is 12.7. The zero-order chi connectivity index (χ0) is 23.3. The van der Waals surface area contributed by atoms with Crippen LogP contribution in [0, 0.1) is 0 Å². The summed E-state index contributed by atoms with van der Waals surface area (Å²) in [7, 11) is 1.53. The molecule has 0 radical (unpaired) electrons. The highest BCUT2D eigenvalue weighted by atomic mass is 35.5. The molecule has 0 unspecified atom stereocenters. The lowest BCUT2D eigenvalue weighted by molar-refractivity contribution is -0.137. The molecule has 1 amide bonds. The molecule has 1 N–H and O–H groups in total. The van der Waals surface area contributed by atoms with Gasteiger partial charge in [-0.15, -0.1) is 0 Å². The summed E-state index contributed by atoms with van der Waals surface area (Å²) in [6.07, 6.45) is 2.04. The maximum absolute atomic E-state index is 12.7. The van der Waals surface area contributed by atoms with Crippen LogP contribution in [0.25, 0.3) is 6.08 Å². The first-order valence-electron chi connectivity index (χ1n) is 9.50. The molecule has 2 aromatic carbocycles. The van der Waals surface area contributed by atoms with E-state index in [2.05, 4.69) is 0 Å². The van der Waals surface area contributed by atoms with Crippen molar-refractivity contribution in [3.05, 3.63) is 62.5 Å². The summed E-state index contributed by atoms with van der Waals surface area (Å²) in [5.74, 6) is -0.113. The Kier molecular flexibility index (Phi) is 8.42. The van der Waals surface area contributed by atoms with Gasteiger partial charge in [-0.05, 0) is 42.3 Å². The van der Waals surface area contributed by atoms with E-state index >= 15 is 0 Å². The molecule has 32 heavy (non-hydrogen) atoms. The molecule has 168 valence electrons. The van der Waals surface area contributed by atoms with Gasteiger partial charge < -0.3 is 14.6 Å². The maximum Gasteiger partial charge on any atom is 0.303 e. The van der Waals surface area contributed by atoms with Gasteiger partial charge in [0.15, 0.2) is 11.5 Å². The summed E-state index contributed by atoms with van der Waals surface area (Å²) in [4.78, 5) is 25.3. The molecular weight excluding hydrogens is 493 g/mol. The summed E-state index contributed by atoms with van der Waals surface area (Å²) in [5.41, 5.74) is 1.53. The third-order valence-electron chi connectivity index (χ3n) is 4.53. The molecule has 1 aliphatic rings. The Morgan fingerprint density at radius 2 is 2.00 bits per heavy atom. The van der Waals surface area contributed by atoms with E-state index in [0.29, 0.717) is 37.2 Å². The molecule has 1 heterocycles. The highest BCUT2D eigenvalue weighted by Crippen LogP contribution is 2.35. The van der Waals surface area contributed by atoms with Gasteiger partial charge in [0, 0.05) is 28.6 Å². The lowest BCUT2D eigenvalue weighted by atomic mass is 10.1. The van der Waals surface area contributed by atoms with Gasteiger partial charge >= 0.3 is 5.97 Å². The van der Waals surface area contributed by atoms with Gasteiger partial charge in [-0.2, -0.15) is 0 Å². The van der Waals surface area contributed by atoms with Crippen molar-refractivity contribution in [2.75, 3.05) is 13.7 Å². The van der Waals surface area contributed by atoms with E-state index in [1.165, 1.54) is 23.8 Å². The zero-order valence-corrected chi connectivity index (χ0v) is 20.1. The first-order chi connectivity index (χ1) is 15.3. The van der Waals surface area contributed by atoms with Crippen molar-refractivity contribution in [1.29, 1.82) is 0 Å². The van der Waals surface area contributed by atoms with Crippen molar-refractivity contribution < 1.29 is 24.2 Å². The van der Waals surface area contributed by atoms with Gasteiger partial charge in [-0.3, -0.25) is 14.5 Å². The topological polar surface area (TPSA) is 76.1 Å². The lowest BCUT2D eigenvalue weighted by Gasteiger charge is -2.13. The standard InChI is InChI=1S/C22H19Cl2NO5S2/c1-29-18-9-13(4-7-17(18)30-12-14-5-6-15(23)11-16(14)24)10-19-21(28)25(22(31)32-19)8-2-3-20(26)27/h4-7,9-11H,2-3,8,12H2,1H3,(H,26,27)/b19-10-. The molecule has 1 aliphatic heterocycles. The summed E-state index contributed by atoms with van der Waals surface area (Å²) < 4.78 is 11.7. The number of hydrogen-bond donors (Lipinski definition) is 1. The Morgan fingerprint density at radius 1 is 1.22 bits per heavy atom. The van der Waals surface area contributed by atoms with Crippen LogP contribution in [-0.2, 0) is 16.2 Å². The summed E-state index contributed by atoms with van der Waals surface area (Å²) in [5, 5.41) is 9.84. The second-order valence-corrected chi connectivity index (χ2v) is 9.28. The van der Waals surface area contributed by atoms with Gasteiger partial charge in [0.1, 0.15) is 10.9 Å². The number of carboxylic acid groups (broad SMARTS) is 1. The number of amides is 1. The minimum Gasteiger partial charge on any atom is -0.493 e. The SMILES string of the molecule is COc1cc(/C=C2\SC(=S)N(CCCC(=O)O)C2=O)ccc1OCc1ccc(Cl)cc1Cl. The molecule has 10 heteroatoms. The van der Waals surface area contributed by atoms with E-state index in [0.717, 1.165) is 11.1 Å². The normalized spacial score (nSPS) is 14.8. The molecule has 0 aliphatic carbocycles. The molecule has 0 bridgehead atoms. The number of halogens is 2. The number of thiocarbonyl (C=S) groups is 1. The molecule has 2 aromatic rings. The number of rotatable bonds is 9. The van der Waals surface area contributed by atoms with Gasteiger partial charge in [-0.25, -0.2) is 0 Å². The molecule has 0 atom stereocenters. The molecule has 0 saturated carbocycles. The van der Waals surface area contributed by atoms with Crippen LogP contribution in [0.1, 0.15) is 24.0 Å². The number of aliphatic carboxylic acids is 1. The summed E-state index contributed by atoms with van der Waals surface area (Å²) in [6, 6.07) is 10.5. The molecule has 1 saturated heterocycles. The highest BCUT2D eigenvalue weighted by Gasteiger charge is 2.31. The number of nitrogens with zero attached hydrogens (tertiary/aromatic N) is 1.